The van der Waals surface area contributed by atoms with Crippen molar-refractivity contribution in [3.05, 3.63) is 0 Å². The van der Waals surface area contributed by atoms with Gasteiger partial charge in [-0.1, -0.05) is 13.3 Å². The number of unbranched alkanes of at least 4 members (excludes halogenated alkanes) is 1. The topological polar surface area (TPSA) is 38.3 Å². The van der Waals surface area contributed by atoms with Crippen LogP contribution in [-0.2, 0) is 9.53 Å². The standard InChI is InChI=1S/C9H19NO2/c1-5-6-7-10-8(11)9(2,3)12-4/h5-7H2,1-4H3,(H,10,11). The summed E-state index contributed by atoms with van der Waals surface area (Å²) in [4.78, 5) is 11.3. The zero-order valence-electron chi connectivity index (χ0n) is 8.44. The lowest BCUT2D eigenvalue weighted by Gasteiger charge is -2.21. The average molecular weight is 173 g/mol. The van der Waals surface area contributed by atoms with Crippen molar-refractivity contribution in [3.63, 3.8) is 0 Å². The molecule has 0 aliphatic rings. The predicted molar refractivity (Wildman–Crippen MR) is 49.0 cm³/mol. The van der Waals surface area contributed by atoms with E-state index in [1.165, 1.54) is 0 Å². The molecule has 0 fully saturated rings. The Bertz CT molecular complexity index is 143. The highest BCUT2D eigenvalue weighted by molar-refractivity contribution is 5.84. The minimum absolute atomic E-state index is 0.0431. The summed E-state index contributed by atoms with van der Waals surface area (Å²) in [6.07, 6.45) is 2.11. The first-order valence-electron chi connectivity index (χ1n) is 4.38. The first-order chi connectivity index (χ1) is 5.54. The van der Waals surface area contributed by atoms with Gasteiger partial charge in [0.05, 0.1) is 0 Å². The largest absolute Gasteiger partial charge is 0.369 e. The molecular weight excluding hydrogens is 154 g/mol. The van der Waals surface area contributed by atoms with E-state index < -0.39 is 5.60 Å². The van der Waals surface area contributed by atoms with E-state index in [9.17, 15) is 4.79 Å². The summed E-state index contributed by atoms with van der Waals surface area (Å²) in [6.45, 7) is 6.35. The van der Waals surface area contributed by atoms with Gasteiger partial charge in [0.25, 0.3) is 5.91 Å². The highest BCUT2D eigenvalue weighted by atomic mass is 16.5. The predicted octanol–water partition coefficient (Wildman–Crippen LogP) is 1.33. The molecule has 3 nitrogen and oxygen atoms in total. The molecule has 0 rings (SSSR count). The van der Waals surface area contributed by atoms with E-state index in [2.05, 4.69) is 12.2 Å². The third-order valence-corrected chi connectivity index (χ3v) is 1.87. The van der Waals surface area contributed by atoms with Crippen LogP contribution in [0.2, 0.25) is 0 Å². The summed E-state index contributed by atoms with van der Waals surface area (Å²) in [6, 6.07) is 0. The lowest BCUT2D eigenvalue weighted by atomic mass is 10.1. The second kappa shape index (κ2) is 5.14. The van der Waals surface area contributed by atoms with E-state index in [0.29, 0.717) is 0 Å². The highest BCUT2D eigenvalue weighted by Gasteiger charge is 2.25. The molecule has 72 valence electrons. The average Bonchev–Trinajstić information content (AvgIpc) is 2.05. The van der Waals surface area contributed by atoms with Gasteiger partial charge >= 0.3 is 0 Å². The van der Waals surface area contributed by atoms with Gasteiger partial charge in [-0.05, 0) is 20.3 Å². The number of ether oxygens (including phenoxy) is 1. The van der Waals surface area contributed by atoms with Crippen LogP contribution >= 0.6 is 0 Å². The van der Waals surface area contributed by atoms with Crippen LogP contribution in [0.4, 0.5) is 0 Å². The van der Waals surface area contributed by atoms with Crippen LogP contribution in [0.3, 0.4) is 0 Å². The molecule has 1 amide bonds. The minimum Gasteiger partial charge on any atom is -0.369 e. The molecule has 1 N–H and O–H groups in total. The molecular formula is C9H19NO2. The van der Waals surface area contributed by atoms with E-state index in [-0.39, 0.29) is 5.91 Å². The molecule has 0 unspecified atom stereocenters. The summed E-state index contributed by atoms with van der Waals surface area (Å²) in [7, 11) is 1.54. The number of methoxy groups -OCH3 is 1. The zero-order valence-corrected chi connectivity index (χ0v) is 8.44. The molecule has 0 aliphatic heterocycles. The Hall–Kier alpha value is -0.570. The fourth-order valence-corrected chi connectivity index (χ4v) is 0.684. The Morgan fingerprint density at radius 2 is 2.08 bits per heavy atom. The Morgan fingerprint density at radius 1 is 1.50 bits per heavy atom. The van der Waals surface area contributed by atoms with Crippen molar-refractivity contribution in [2.75, 3.05) is 13.7 Å². The molecule has 0 spiro atoms. The van der Waals surface area contributed by atoms with Crippen LogP contribution in [0.5, 0.6) is 0 Å². The van der Waals surface area contributed by atoms with Crippen LogP contribution in [0.1, 0.15) is 33.6 Å². The van der Waals surface area contributed by atoms with Gasteiger partial charge in [0.1, 0.15) is 5.60 Å². The molecule has 0 heterocycles. The number of nitrogens with one attached hydrogen (secondary N) is 1. The van der Waals surface area contributed by atoms with Crippen molar-refractivity contribution >= 4 is 5.91 Å². The van der Waals surface area contributed by atoms with Crippen LogP contribution in [0.25, 0.3) is 0 Å². The first-order valence-corrected chi connectivity index (χ1v) is 4.38. The van der Waals surface area contributed by atoms with Crippen molar-refractivity contribution in [2.24, 2.45) is 0 Å². The molecule has 3 heteroatoms. The maximum atomic E-state index is 11.3. The SMILES string of the molecule is CCCCNC(=O)C(C)(C)OC. The number of amides is 1. The van der Waals surface area contributed by atoms with Crippen molar-refractivity contribution in [1.29, 1.82) is 0 Å². The van der Waals surface area contributed by atoms with Crippen LogP contribution < -0.4 is 5.32 Å². The van der Waals surface area contributed by atoms with E-state index in [1.807, 2.05) is 0 Å². The monoisotopic (exact) mass is 173 g/mol. The number of hydrogen-bond donors (Lipinski definition) is 1. The van der Waals surface area contributed by atoms with E-state index >= 15 is 0 Å². The fourth-order valence-electron chi connectivity index (χ4n) is 0.684. The first kappa shape index (κ1) is 11.4. The van der Waals surface area contributed by atoms with Gasteiger partial charge < -0.3 is 10.1 Å². The summed E-state index contributed by atoms with van der Waals surface area (Å²) < 4.78 is 5.02. The van der Waals surface area contributed by atoms with Gasteiger partial charge in [0.15, 0.2) is 0 Å². The molecule has 0 atom stereocenters. The number of rotatable bonds is 5. The minimum atomic E-state index is -0.701. The van der Waals surface area contributed by atoms with Gasteiger partial charge in [0, 0.05) is 13.7 Å². The lowest BCUT2D eigenvalue weighted by Crippen LogP contribution is -2.43. The maximum Gasteiger partial charge on any atom is 0.251 e. The molecule has 0 saturated carbocycles. The van der Waals surface area contributed by atoms with Gasteiger partial charge in [-0.25, -0.2) is 0 Å². The molecule has 0 aromatic rings. The van der Waals surface area contributed by atoms with Crippen molar-refractivity contribution in [3.8, 4) is 0 Å². The maximum absolute atomic E-state index is 11.3. The number of carbonyl (C=O) groups excluding carboxylic acids is 1. The Morgan fingerprint density at radius 3 is 2.50 bits per heavy atom. The molecule has 0 aliphatic carbocycles. The van der Waals surface area contributed by atoms with E-state index in [1.54, 1.807) is 21.0 Å². The van der Waals surface area contributed by atoms with E-state index in [4.69, 9.17) is 4.74 Å². The highest BCUT2D eigenvalue weighted by Crippen LogP contribution is 2.06. The number of carbonyl (C=O) groups is 1. The number of hydrogen-bond acceptors (Lipinski definition) is 2. The smallest absolute Gasteiger partial charge is 0.251 e. The fraction of sp³-hybridized carbons (Fsp3) is 0.889. The molecule has 0 aromatic heterocycles. The second-order valence-corrected chi connectivity index (χ2v) is 3.32. The van der Waals surface area contributed by atoms with E-state index in [0.717, 1.165) is 19.4 Å². The summed E-state index contributed by atoms with van der Waals surface area (Å²) >= 11 is 0. The Balaban J connectivity index is 3.72. The van der Waals surface area contributed by atoms with Crippen LogP contribution in [0, 0.1) is 0 Å². The molecule has 0 bridgehead atoms. The third kappa shape index (κ3) is 3.72. The molecule has 12 heavy (non-hydrogen) atoms. The third-order valence-electron chi connectivity index (χ3n) is 1.87. The summed E-state index contributed by atoms with van der Waals surface area (Å²) in [5, 5.41) is 2.81. The van der Waals surface area contributed by atoms with Crippen LogP contribution in [-0.4, -0.2) is 25.2 Å². The summed E-state index contributed by atoms with van der Waals surface area (Å²) in [5.41, 5.74) is -0.701. The molecule has 0 saturated heterocycles. The van der Waals surface area contributed by atoms with Crippen molar-refractivity contribution in [1.82, 2.24) is 5.32 Å². The Labute approximate surface area is 74.5 Å². The van der Waals surface area contributed by atoms with Crippen molar-refractivity contribution in [2.45, 2.75) is 39.2 Å². The normalized spacial score (nSPS) is 11.3. The molecule has 0 radical (unpaired) electrons. The molecule has 0 aromatic carbocycles. The quantitative estimate of drug-likeness (QED) is 0.637. The van der Waals surface area contributed by atoms with Gasteiger partial charge in [0.2, 0.25) is 0 Å². The Kier molecular flexibility index (Phi) is 4.90. The van der Waals surface area contributed by atoms with Gasteiger partial charge in [-0.15, -0.1) is 0 Å². The lowest BCUT2D eigenvalue weighted by molar-refractivity contribution is -0.139. The van der Waals surface area contributed by atoms with Gasteiger partial charge in [-0.3, -0.25) is 4.79 Å². The van der Waals surface area contributed by atoms with Gasteiger partial charge in [-0.2, -0.15) is 0 Å². The van der Waals surface area contributed by atoms with Crippen molar-refractivity contribution < 1.29 is 9.53 Å². The summed E-state index contributed by atoms with van der Waals surface area (Å²) in [5.74, 6) is -0.0431. The second-order valence-electron chi connectivity index (χ2n) is 3.32. The zero-order chi connectivity index (χ0) is 9.61. The van der Waals surface area contributed by atoms with Crippen LogP contribution in [0.15, 0.2) is 0 Å².